The average Bonchev–Trinajstić information content (AvgIpc) is 3.67. The van der Waals surface area contributed by atoms with Gasteiger partial charge in [0, 0.05) is 48.3 Å². The highest BCUT2D eigenvalue weighted by Crippen LogP contribution is 2.48. The molecule has 0 saturated carbocycles. The molecule has 1 N–H and O–H groups in total. The number of hydrogen-bond acceptors (Lipinski definition) is 11. The predicted octanol–water partition coefficient (Wildman–Crippen LogP) is 8.70. The zero-order chi connectivity index (χ0) is 41.0. The maximum Gasteiger partial charge on any atom is 0.413 e. The number of sulfonamides is 1. The number of pyridine rings is 1. The van der Waals surface area contributed by atoms with Crippen molar-refractivity contribution >= 4 is 38.4 Å². The Morgan fingerprint density at radius 3 is 2.54 bits per heavy atom. The van der Waals surface area contributed by atoms with Crippen molar-refractivity contribution in [2.45, 2.75) is 75.7 Å². The maximum absolute atomic E-state index is 16.4. The molecule has 56 heavy (non-hydrogen) atoms. The zero-order valence-corrected chi connectivity index (χ0v) is 33.5. The SMILES string of the molecule is C=C/C(=C\C(OC)=C(/C)CN(c1nccs1)S(=O)(=O)c1cc2c(cc1F)[C@@H](N1CC[C@@H](C(F)(F)F)C[C@H]1c1cccc(NC(=O)OC(C)(C)C)n1)CCO2)OC. The molecule has 0 spiro atoms. The second-order valence-corrected chi connectivity index (χ2v) is 16.9. The molecule has 1 amide bonds. The van der Waals surface area contributed by atoms with Crippen molar-refractivity contribution in [2.24, 2.45) is 5.92 Å². The monoisotopic (exact) mass is 823 g/mol. The van der Waals surface area contributed by atoms with Crippen LogP contribution < -0.4 is 14.4 Å². The lowest BCUT2D eigenvalue weighted by Crippen LogP contribution is -2.44. The van der Waals surface area contributed by atoms with Crippen LogP contribution in [0.2, 0.25) is 0 Å². The molecule has 3 aromatic rings. The van der Waals surface area contributed by atoms with Crippen molar-refractivity contribution in [3.05, 3.63) is 94.8 Å². The molecule has 18 heteroatoms. The minimum atomic E-state index is -4.64. The van der Waals surface area contributed by atoms with E-state index in [1.165, 1.54) is 38.6 Å². The van der Waals surface area contributed by atoms with Gasteiger partial charge in [-0.25, -0.2) is 31.9 Å². The second kappa shape index (κ2) is 17.2. The standard InChI is InChI=1S/C38H45F4N5O7S2/c1-8-25(51-6)19-31(52-7)23(2)22-47(35-43-14-17-55-35)56(49,50)33-21-32-26(20-27(33)39)29(13-16-53-32)46-15-12-24(38(40,41)42)18-30(46)28-10-9-11-34(44-28)45-36(48)54-37(3,4)5/h8-11,14,17,19-21,24,29-30H,1,12-13,15-16,18,22H2,2-7H3,(H,44,45,48)/b25-19+,31-23-/t24-,29+,30+/m1/s1. The van der Waals surface area contributed by atoms with E-state index in [1.807, 2.05) is 4.90 Å². The number of anilines is 2. The first kappa shape index (κ1) is 42.5. The lowest BCUT2D eigenvalue weighted by Gasteiger charge is -2.45. The first-order chi connectivity index (χ1) is 26.4. The van der Waals surface area contributed by atoms with E-state index in [1.54, 1.807) is 45.2 Å². The van der Waals surface area contributed by atoms with Gasteiger partial charge in [-0.15, -0.1) is 11.3 Å². The quantitative estimate of drug-likeness (QED) is 0.108. The molecular formula is C38H45F4N5O7S2. The van der Waals surface area contributed by atoms with Crippen molar-refractivity contribution in [1.82, 2.24) is 14.9 Å². The van der Waals surface area contributed by atoms with Gasteiger partial charge >= 0.3 is 12.3 Å². The number of halogens is 4. The minimum absolute atomic E-state index is 0.0254. The Balaban J connectivity index is 1.52. The van der Waals surface area contributed by atoms with Crippen molar-refractivity contribution in [3.8, 4) is 5.75 Å². The molecule has 0 radical (unpaired) electrons. The van der Waals surface area contributed by atoms with Crippen LogP contribution in [-0.4, -0.2) is 75.1 Å². The molecule has 304 valence electrons. The van der Waals surface area contributed by atoms with E-state index in [2.05, 4.69) is 21.9 Å². The van der Waals surface area contributed by atoms with Gasteiger partial charge in [-0.1, -0.05) is 12.6 Å². The summed E-state index contributed by atoms with van der Waals surface area (Å²) in [5, 5.41) is 4.20. The van der Waals surface area contributed by atoms with Gasteiger partial charge in [0.25, 0.3) is 10.0 Å². The van der Waals surface area contributed by atoms with Crippen LogP contribution in [-0.2, 0) is 24.2 Å². The number of likely N-dealkylation sites (tertiary alicyclic amines) is 1. The van der Waals surface area contributed by atoms with E-state index in [-0.39, 0.29) is 66.9 Å². The Kier molecular flexibility index (Phi) is 13.1. The minimum Gasteiger partial charge on any atom is -0.497 e. The number of ether oxygens (including phenoxy) is 4. The molecule has 0 aliphatic carbocycles. The number of carbonyl (C=O) groups excluding carboxylic acids is 1. The normalized spacial score (nSPS) is 19.9. The van der Waals surface area contributed by atoms with Crippen LogP contribution in [0, 0.1) is 11.7 Å². The number of methoxy groups -OCH3 is 2. The van der Waals surface area contributed by atoms with Gasteiger partial charge in [0.05, 0.1) is 45.0 Å². The van der Waals surface area contributed by atoms with E-state index in [4.69, 9.17) is 18.9 Å². The van der Waals surface area contributed by atoms with Crippen LogP contribution in [0.4, 0.5) is 33.3 Å². The van der Waals surface area contributed by atoms with Crippen LogP contribution in [0.1, 0.15) is 70.3 Å². The van der Waals surface area contributed by atoms with Crippen LogP contribution >= 0.6 is 11.3 Å². The first-order valence-electron chi connectivity index (χ1n) is 17.7. The second-order valence-electron chi connectivity index (χ2n) is 14.2. The van der Waals surface area contributed by atoms with Crippen molar-refractivity contribution in [1.29, 1.82) is 0 Å². The van der Waals surface area contributed by atoms with Crippen LogP contribution in [0.3, 0.4) is 0 Å². The van der Waals surface area contributed by atoms with E-state index in [0.29, 0.717) is 17.1 Å². The van der Waals surface area contributed by atoms with E-state index < -0.39 is 56.6 Å². The lowest BCUT2D eigenvalue weighted by molar-refractivity contribution is -0.192. The molecule has 1 aromatic carbocycles. The number of allylic oxidation sites excluding steroid dienone is 2. The number of thiazole rings is 1. The van der Waals surface area contributed by atoms with Gasteiger partial charge in [0.2, 0.25) is 0 Å². The van der Waals surface area contributed by atoms with Crippen LogP contribution in [0.25, 0.3) is 0 Å². The average molecular weight is 824 g/mol. The van der Waals surface area contributed by atoms with Crippen LogP contribution in [0.5, 0.6) is 5.75 Å². The smallest absolute Gasteiger partial charge is 0.413 e. The molecule has 1 fully saturated rings. The summed E-state index contributed by atoms with van der Waals surface area (Å²) >= 11 is 1.04. The Morgan fingerprint density at radius 1 is 1.16 bits per heavy atom. The third-order valence-electron chi connectivity index (χ3n) is 9.25. The Labute approximate surface area is 327 Å². The summed E-state index contributed by atoms with van der Waals surface area (Å²) in [4.78, 5) is 22.4. The molecule has 1 saturated heterocycles. The summed E-state index contributed by atoms with van der Waals surface area (Å²) in [6.45, 7) is 10.2. The highest BCUT2D eigenvalue weighted by molar-refractivity contribution is 7.93. The fourth-order valence-corrected chi connectivity index (χ4v) is 9.05. The first-order valence-corrected chi connectivity index (χ1v) is 20.0. The Bertz CT molecular complexity index is 2070. The molecule has 4 heterocycles. The summed E-state index contributed by atoms with van der Waals surface area (Å²) in [7, 11) is -1.78. The van der Waals surface area contributed by atoms with Crippen molar-refractivity contribution in [3.63, 3.8) is 0 Å². The number of amides is 1. The largest absolute Gasteiger partial charge is 0.497 e. The highest BCUT2D eigenvalue weighted by Gasteiger charge is 2.47. The summed E-state index contributed by atoms with van der Waals surface area (Å²) in [6.07, 6.45) is -1.13. The fourth-order valence-electron chi connectivity index (χ4n) is 6.67. The molecular weight excluding hydrogens is 779 g/mol. The zero-order valence-electron chi connectivity index (χ0n) is 31.9. The maximum atomic E-state index is 16.4. The number of fused-ring (bicyclic) bond motifs is 1. The number of carbonyl (C=O) groups is 1. The number of rotatable bonds is 12. The van der Waals surface area contributed by atoms with Crippen molar-refractivity contribution < 1.29 is 49.7 Å². The Morgan fingerprint density at radius 2 is 1.91 bits per heavy atom. The molecule has 0 unspecified atom stereocenters. The van der Waals surface area contributed by atoms with E-state index in [9.17, 15) is 26.4 Å². The molecule has 0 bridgehead atoms. The Hall–Kier alpha value is -4.68. The molecule has 3 atom stereocenters. The van der Waals surface area contributed by atoms with Crippen LogP contribution in [0.15, 0.2) is 82.6 Å². The molecule has 2 aliphatic heterocycles. The van der Waals surface area contributed by atoms with E-state index >= 15 is 4.39 Å². The van der Waals surface area contributed by atoms with E-state index in [0.717, 1.165) is 27.8 Å². The van der Waals surface area contributed by atoms with Gasteiger partial charge in [-0.3, -0.25) is 10.2 Å². The van der Waals surface area contributed by atoms with Crippen molar-refractivity contribution in [2.75, 3.05) is 43.5 Å². The number of hydrogen-bond donors (Lipinski definition) is 1. The number of alkyl halides is 3. The molecule has 5 rings (SSSR count). The molecule has 2 aliphatic rings. The van der Waals surface area contributed by atoms with Gasteiger partial charge in [-0.05, 0) is 70.4 Å². The van der Waals surface area contributed by atoms with Gasteiger partial charge < -0.3 is 18.9 Å². The third kappa shape index (κ3) is 9.81. The van der Waals surface area contributed by atoms with Gasteiger partial charge in [-0.2, -0.15) is 13.2 Å². The lowest BCUT2D eigenvalue weighted by atomic mass is 9.85. The highest BCUT2D eigenvalue weighted by atomic mass is 32.2. The molecule has 2 aromatic heterocycles. The summed E-state index contributed by atoms with van der Waals surface area (Å²) in [5.74, 6) is -1.90. The molecule has 12 nitrogen and oxygen atoms in total. The number of aromatic nitrogens is 2. The number of piperidine rings is 1. The predicted molar refractivity (Wildman–Crippen MR) is 203 cm³/mol. The fraction of sp³-hybridized carbons (Fsp3) is 0.447. The summed E-state index contributed by atoms with van der Waals surface area (Å²) in [6, 6.07) is 5.28. The summed E-state index contributed by atoms with van der Waals surface area (Å²) < 4.78 is 111. The van der Waals surface area contributed by atoms with Gasteiger partial charge in [0.15, 0.2) is 5.13 Å². The topological polar surface area (TPSA) is 132 Å². The third-order valence-corrected chi connectivity index (χ3v) is 11.9. The van der Waals surface area contributed by atoms with Gasteiger partial charge in [0.1, 0.15) is 39.4 Å². The number of nitrogens with one attached hydrogen (secondary N) is 1. The number of nitrogens with zero attached hydrogens (tertiary/aromatic N) is 4. The number of benzene rings is 1. The summed E-state index contributed by atoms with van der Waals surface area (Å²) in [5.41, 5.74) is 0.196.